The number of thiazole rings is 1. The molecule has 6 nitrogen and oxygen atoms in total. The predicted octanol–water partition coefficient (Wildman–Crippen LogP) is 3.51. The highest BCUT2D eigenvalue weighted by Gasteiger charge is 2.43. The van der Waals surface area contributed by atoms with E-state index in [2.05, 4.69) is 26.6 Å². The Labute approximate surface area is 149 Å². The van der Waals surface area contributed by atoms with Gasteiger partial charge in [0.2, 0.25) is 5.91 Å². The number of nitrogens with zero attached hydrogens (tertiary/aromatic N) is 3. The fourth-order valence-corrected chi connectivity index (χ4v) is 3.79. The normalized spacial score (nSPS) is 23.0. The van der Waals surface area contributed by atoms with Crippen LogP contribution in [0.25, 0.3) is 21.3 Å². The zero-order chi connectivity index (χ0) is 17.4. The first kappa shape index (κ1) is 16.1. The minimum Gasteiger partial charge on any atom is -0.377 e. The van der Waals surface area contributed by atoms with E-state index in [0.29, 0.717) is 11.7 Å². The molecule has 1 aliphatic heterocycles. The van der Waals surface area contributed by atoms with E-state index in [1.807, 2.05) is 32.0 Å². The largest absolute Gasteiger partial charge is 0.377 e. The molecule has 1 N–H and O–H groups in total. The second-order valence-corrected chi connectivity index (χ2v) is 7.50. The number of aromatic nitrogens is 3. The summed E-state index contributed by atoms with van der Waals surface area (Å²) in [6.07, 6.45) is 4.10. The van der Waals surface area contributed by atoms with Crippen molar-refractivity contribution >= 4 is 33.3 Å². The third-order valence-electron chi connectivity index (χ3n) is 4.93. The summed E-state index contributed by atoms with van der Waals surface area (Å²) in [5.41, 5.74) is 1.39. The maximum Gasteiger partial charge on any atom is 0.234 e. The van der Waals surface area contributed by atoms with E-state index < -0.39 is 5.41 Å². The maximum absolute atomic E-state index is 12.6. The molecular formula is C18H18N4O2S. The van der Waals surface area contributed by atoms with Gasteiger partial charge in [-0.2, -0.15) is 10.2 Å². The summed E-state index contributed by atoms with van der Waals surface area (Å²) < 4.78 is 5.55. The lowest BCUT2D eigenvalue weighted by Crippen LogP contribution is -2.38. The first-order valence-corrected chi connectivity index (χ1v) is 8.99. The summed E-state index contributed by atoms with van der Waals surface area (Å²) in [5.74, 6) is -0.0350. The highest BCUT2D eigenvalue weighted by molar-refractivity contribution is 7.19. The molecule has 2 unspecified atom stereocenters. The molecule has 1 fully saturated rings. The number of fused-ring (bicyclic) bond motifs is 1. The second kappa shape index (κ2) is 6.16. The van der Waals surface area contributed by atoms with Crippen LogP contribution in [0.3, 0.4) is 0 Å². The number of amides is 1. The summed E-state index contributed by atoms with van der Waals surface area (Å²) in [6.45, 7) is 4.50. The van der Waals surface area contributed by atoms with Crippen LogP contribution >= 0.6 is 11.3 Å². The Kier molecular flexibility index (Phi) is 3.97. The fourth-order valence-electron chi connectivity index (χ4n) is 2.98. The molecule has 0 bridgehead atoms. The Hall–Kier alpha value is -2.38. The molecule has 4 rings (SSSR count). The van der Waals surface area contributed by atoms with Crippen molar-refractivity contribution in [2.75, 3.05) is 11.9 Å². The molecule has 2 atom stereocenters. The van der Waals surface area contributed by atoms with Gasteiger partial charge in [-0.25, -0.2) is 4.98 Å². The van der Waals surface area contributed by atoms with Gasteiger partial charge in [0, 0.05) is 18.2 Å². The molecule has 0 aliphatic carbocycles. The summed E-state index contributed by atoms with van der Waals surface area (Å²) >= 11 is 1.46. The van der Waals surface area contributed by atoms with E-state index in [0.717, 1.165) is 27.8 Å². The number of hydrogen-bond donors (Lipinski definition) is 1. The lowest BCUT2D eigenvalue weighted by atomic mass is 9.83. The first-order chi connectivity index (χ1) is 12.1. The SMILES string of the molecule is CC1OCCC1(C)C(=O)Nc1ncc(-c2ccc3nnccc3c2)s1. The summed E-state index contributed by atoms with van der Waals surface area (Å²) in [7, 11) is 0. The highest BCUT2D eigenvalue weighted by Crippen LogP contribution is 2.37. The first-order valence-electron chi connectivity index (χ1n) is 8.17. The molecule has 25 heavy (non-hydrogen) atoms. The van der Waals surface area contributed by atoms with Gasteiger partial charge in [-0.3, -0.25) is 4.79 Å². The summed E-state index contributed by atoms with van der Waals surface area (Å²) in [6, 6.07) is 7.91. The number of ether oxygens (including phenoxy) is 1. The molecule has 3 aromatic rings. The van der Waals surface area contributed by atoms with E-state index >= 15 is 0 Å². The van der Waals surface area contributed by atoms with Gasteiger partial charge in [-0.1, -0.05) is 17.4 Å². The molecule has 0 spiro atoms. The van der Waals surface area contributed by atoms with Crippen LogP contribution in [0.4, 0.5) is 5.13 Å². The number of rotatable bonds is 3. The lowest BCUT2D eigenvalue weighted by molar-refractivity contribution is -0.127. The van der Waals surface area contributed by atoms with E-state index in [9.17, 15) is 4.79 Å². The van der Waals surface area contributed by atoms with Gasteiger partial charge in [0.05, 0.1) is 28.1 Å². The number of carbonyl (C=O) groups excluding carboxylic acids is 1. The molecule has 1 saturated heterocycles. The van der Waals surface area contributed by atoms with Crippen LogP contribution in [-0.4, -0.2) is 33.8 Å². The molecule has 0 radical (unpaired) electrons. The lowest BCUT2D eigenvalue weighted by Gasteiger charge is -2.25. The molecule has 1 amide bonds. The van der Waals surface area contributed by atoms with E-state index in [4.69, 9.17) is 4.74 Å². The van der Waals surface area contributed by atoms with Gasteiger partial charge >= 0.3 is 0 Å². The van der Waals surface area contributed by atoms with Crippen LogP contribution < -0.4 is 5.32 Å². The molecule has 7 heteroatoms. The topological polar surface area (TPSA) is 77.0 Å². The van der Waals surface area contributed by atoms with Gasteiger partial charge in [0.1, 0.15) is 0 Å². The minimum atomic E-state index is -0.506. The van der Waals surface area contributed by atoms with Gasteiger partial charge in [-0.05, 0) is 44.0 Å². The molecular weight excluding hydrogens is 336 g/mol. The Morgan fingerprint density at radius 3 is 3.08 bits per heavy atom. The summed E-state index contributed by atoms with van der Waals surface area (Å²) in [5, 5.41) is 12.6. The Morgan fingerprint density at radius 1 is 1.40 bits per heavy atom. The van der Waals surface area contributed by atoms with Crippen molar-refractivity contribution < 1.29 is 9.53 Å². The zero-order valence-corrected chi connectivity index (χ0v) is 14.8. The third kappa shape index (κ3) is 2.89. The Balaban J connectivity index is 1.56. The molecule has 0 saturated carbocycles. The van der Waals surface area contributed by atoms with Crippen molar-refractivity contribution in [3.05, 3.63) is 36.7 Å². The van der Waals surface area contributed by atoms with Crippen LogP contribution in [0.2, 0.25) is 0 Å². The number of benzene rings is 1. The molecule has 2 aromatic heterocycles. The smallest absolute Gasteiger partial charge is 0.234 e. The number of hydrogen-bond acceptors (Lipinski definition) is 6. The van der Waals surface area contributed by atoms with Crippen molar-refractivity contribution in [2.24, 2.45) is 5.41 Å². The number of nitrogens with one attached hydrogen (secondary N) is 1. The number of carbonyl (C=O) groups is 1. The van der Waals surface area contributed by atoms with Crippen molar-refractivity contribution in [1.29, 1.82) is 0 Å². The minimum absolute atomic E-state index is 0.0350. The maximum atomic E-state index is 12.6. The van der Waals surface area contributed by atoms with Gasteiger partial charge in [0.25, 0.3) is 0 Å². The van der Waals surface area contributed by atoms with Crippen LogP contribution in [0.1, 0.15) is 20.3 Å². The average molecular weight is 354 g/mol. The van der Waals surface area contributed by atoms with Crippen molar-refractivity contribution in [3.63, 3.8) is 0 Å². The zero-order valence-electron chi connectivity index (χ0n) is 14.0. The van der Waals surface area contributed by atoms with Gasteiger partial charge in [0.15, 0.2) is 5.13 Å². The average Bonchev–Trinajstić information content (AvgIpc) is 3.22. The standard InChI is InChI=1S/C18H18N4O2S/c1-11-18(2,6-8-24-11)16(23)21-17-19-10-15(25-17)13-3-4-14-12(9-13)5-7-20-22-14/h3-5,7,9-11H,6,8H2,1-2H3,(H,19,21,23). The molecule has 1 aromatic carbocycles. The Bertz CT molecular complexity index is 941. The van der Waals surface area contributed by atoms with Crippen LogP contribution in [-0.2, 0) is 9.53 Å². The second-order valence-electron chi connectivity index (χ2n) is 6.47. The predicted molar refractivity (Wildman–Crippen MR) is 97.4 cm³/mol. The third-order valence-corrected chi connectivity index (χ3v) is 5.89. The van der Waals surface area contributed by atoms with Gasteiger partial charge in [-0.15, -0.1) is 0 Å². The van der Waals surface area contributed by atoms with E-state index in [1.165, 1.54) is 11.3 Å². The van der Waals surface area contributed by atoms with Crippen LogP contribution in [0.15, 0.2) is 36.7 Å². The van der Waals surface area contributed by atoms with Crippen LogP contribution in [0.5, 0.6) is 0 Å². The monoisotopic (exact) mass is 354 g/mol. The van der Waals surface area contributed by atoms with E-state index in [-0.39, 0.29) is 12.0 Å². The highest BCUT2D eigenvalue weighted by atomic mass is 32.1. The summed E-state index contributed by atoms with van der Waals surface area (Å²) in [4.78, 5) is 18.0. The quantitative estimate of drug-likeness (QED) is 0.779. The molecule has 3 heterocycles. The fraction of sp³-hybridized carbons (Fsp3) is 0.333. The Morgan fingerprint density at radius 2 is 2.28 bits per heavy atom. The van der Waals surface area contributed by atoms with Crippen LogP contribution in [0, 0.1) is 5.41 Å². The molecule has 1 aliphatic rings. The van der Waals surface area contributed by atoms with Crippen molar-refractivity contribution in [2.45, 2.75) is 26.4 Å². The van der Waals surface area contributed by atoms with E-state index in [1.54, 1.807) is 12.4 Å². The van der Waals surface area contributed by atoms with Gasteiger partial charge < -0.3 is 10.1 Å². The molecule has 128 valence electrons. The van der Waals surface area contributed by atoms with Crippen molar-refractivity contribution in [1.82, 2.24) is 15.2 Å². The number of anilines is 1. The van der Waals surface area contributed by atoms with Crippen molar-refractivity contribution in [3.8, 4) is 10.4 Å².